The molecule has 0 saturated heterocycles. The maximum atomic E-state index is 12.7. The lowest BCUT2D eigenvalue weighted by molar-refractivity contribution is 0.0486. The number of ether oxygens (including phenoxy) is 2. The highest BCUT2D eigenvalue weighted by atomic mass is 16.5. The lowest BCUT2D eigenvalue weighted by Crippen LogP contribution is -2.11. The van der Waals surface area contributed by atoms with Gasteiger partial charge in [-0.05, 0) is 47.6 Å². The smallest absolute Gasteiger partial charge is 0.338 e. The molecule has 0 unspecified atom stereocenters. The van der Waals surface area contributed by atoms with Gasteiger partial charge in [-0.15, -0.1) is 0 Å². The fourth-order valence-corrected chi connectivity index (χ4v) is 3.80. The van der Waals surface area contributed by atoms with Crippen LogP contribution in [0.5, 0.6) is 0 Å². The van der Waals surface area contributed by atoms with Crippen molar-refractivity contribution in [2.45, 2.75) is 79.1 Å². The van der Waals surface area contributed by atoms with E-state index in [2.05, 4.69) is 27.7 Å². The third kappa shape index (κ3) is 8.64. The highest BCUT2D eigenvalue weighted by molar-refractivity contribution is 6.11. The van der Waals surface area contributed by atoms with Crippen LogP contribution in [0.25, 0.3) is 10.8 Å². The van der Waals surface area contributed by atoms with Gasteiger partial charge in [0, 0.05) is 0 Å². The van der Waals surface area contributed by atoms with E-state index in [-0.39, 0.29) is 11.9 Å². The maximum absolute atomic E-state index is 12.7. The number of unbranched alkanes of at least 4 members (excludes halogenated alkanes) is 4. The lowest BCUT2D eigenvalue weighted by atomic mass is 9.99. The van der Waals surface area contributed by atoms with E-state index in [1.165, 1.54) is 12.8 Å². The van der Waals surface area contributed by atoms with Gasteiger partial charge in [0.25, 0.3) is 0 Å². The fraction of sp³-hybridized carbons (Fsp3) is 0.571. The van der Waals surface area contributed by atoms with E-state index in [1.807, 2.05) is 24.3 Å². The molecule has 0 atom stereocenters. The van der Waals surface area contributed by atoms with Gasteiger partial charge in [-0.2, -0.15) is 0 Å². The number of rotatable bonds is 14. The number of carbonyl (C=O) groups excluding carboxylic acids is 2. The Labute approximate surface area is 193 Å². The highest BCUT2D eigenvalue weighted by Crippen LogP contribution is 2.25. The number of carbonyl (C=O) groups is 2. The summed E-state index contributed by atoms with van der Waals surface area (Å²) in [7, 11) is 0. The predicted octanol–water partition coefficient (Wildman–Crippen LogP) is 7.59. The van der Waals surface area contributed by atoms with Crippen LogP contribution < -0.4 is 0 Å². The molecule has 2 aromatic carbocycles. The number of benzene rings is 2. The first kappa shape index (κ1) is 25.9. The Morgan fingerprint density at radius 3 is 1.41 bits per heavy atom. The molecular formula is C28H40O4. The Kier molecular flexibility index (Phi) is 11.3. The van der Waals surface area contributed by atoms with Gasteiger partial charge in [-0.3, -0.25) is 0 Å². The van der Waals surface area contributed by atoms with Gasteiger partial charge in [-0.1, -0.05) is 90.5 Å². The number of esters is 2. The summed E-state index contributed by atoms with van der Waals surface area (Å²) >= 11 is 0. The second-order valence-electron chi connectivity index (χ2n) is 9.46. The van der Waals surface area contributed by atoms with Crippen LogP contribution in [0.4, 0.5) is 0 Å². The third-order valence-electron chi connectivity index (χ3n) is 5.68. The van der Waals surface area contributed by atoms with E-state index >= 15 is 0 Å². The Balaban J connectivity index is 1.93. The minimum absolute atomic E-state index is 0.338. The summed E-state index contributed by atoms with van der Waals surface area (Å²) in [5.74, 6) is 0.739. The van der Waals surface area contributed by atoms with Gasteiger partial charge < -0.3 is 9.47 Å². The molecule has 0 aliphatic carbocycles. The molecule has 0 N–H and O–H groups in total. The quantitative estimate of drug-likeness (QED) is 0.224. The van der Waals surface area contributed by atoms with Crippen LogP contribution in [-0.4, -0.2) is 25.2 Å². The van der Waals surface area contributed by atoms with Crippen LogP contribution >= 0.6 is 0 Å². The standard InChI is InChI=1S/C28H40O4/c1-21(2)13-7-5-11-19-31-27(29)25-17-18-26(24-16-10-9-15-23(24)25)28(30)32-20-12-6-8-14-22(3)4/h9-10,15-18,21-22H,5-8,11-14,19-20H2,1-4H3. The molecule has 0 aliphatic rings. The Morgan fingerprint density at radius 2 is 1.03 bits per heavy atom. The van der Waals surface area contributed by atoms with Crippen LogP contribution in [-0.2, 0) is 9.47 Å². The van der Waals surface area contributed by atoms with Gasteiger partial charge in [0.1, 0.15) is 0 Å². The van der Waals surface area contributed by atoms with Crippen molar-refractivity contribution in [2.24, 2.45) is 11.8 Å². The molecule has 0 amide bonds. The molecule has 2 rings (SSSR count). The fourth-order valence-electron chi connectivity index (χ4n) is 3.80. The Bertz CT molecular complexity index is 783. The van der Waals surface area contributed by atoms with Gasteiger partial charge in [0.15, 0.2) is 0 Å². The molecule has 0 saturated carbocycles. The molecule has 0 aromatic heterocycles. The first-order valence-electron chi connectivity index (χ1n) is 12.3. The van der Waals surface area contributed by atoms with Crippen molar-refractivity contribution in [1.82, 2.24) is 0 Å². The normalized spacial score (nSPS) is 11.3. The zero-order valence-corrected chi connectivity index (χ0v) is 20.3. The topological polar surface area (TPSA) is 52.6 Å². The molecule has 4 nitrogen and oxygen atoms in total. The molecule has 0 fully saturated rings. The second-order valence-corrected chi connectivity index (χ2v) is 9.46. The minimum atomic E-state index is -0.338. The highest BCUT2D eigenvalue weighted by Gasteiger charge is 2.17. The molecule has 32 heavy (non-hydrogen) atoms. The molecule has 2 aromatic rings. The van der Waals surface area contributed by atoms with E-state index in [4.69, 9.17) is 9.47 Å². The zero-order valence-electron chi connectivity index (χ0n) is 20.3. The Hall–Kier alpha value is -2.36. The maximum Gasteiger partial charge on any atom is 0.338 e. The van der Waals surface area contributed by atoms with Crippen LogP contribution in [0.2, 0.25) is 0 Å². The summed E-state index contributed by atoms with van der Waals surface area (Å²) in [5, 5.41) is 1.45. The van der Waals surface area contributed by atoms with E-state index in [1.54, 1.807) is 12.1 Å². The number of hydrogen-bond acceptors (Lipinski definition) is 4. The van der Waals surface area contributed by atoms with Gasteiger partial charge in [-0.25, -0.2) is 9.59 Å². The lowest BCUT2D eigenvalue weighted by Gasteiger charge is -2.12. The first-order valence-corrected chi connectivity index (χ1v) is 12.3. The molecule has 0 bridgehead atoms. The molecular weight excluding hydrogens is 400 g/mol. The van der Waals surface area contributed by atoms with Crippen LogP contribution in [0.3, 0.4) is 0 Å². The molecule has 176 valence electrons. The van der Waals surface area contributed by atoms with Crippen molar-refractivity contribution in [2.75, 3.05) is 13.2 Å². The average Bonchev–Trinajstić information content (AvgIpc) is 2.77. The van der Waals surface area contributed by atoms with Crippen LogP contribution in [0.15, 0.2) is 36.4 Å². The van der Waals surface area contributed by atoms with Crippen molar-refractivity contribution in [1.29, 1.82) is 0 Å². The Morgan fingerprint density at radius 1 is 0.625 bits per heavy atom. The number of hydrogen-bond donors (Lipinski definition) is 0. The first-order chi connectivity index (χ1) is 15.4. The van der Waals surface area contributed by atoms with Crippen molar-refractivity contribution in [3.8, 4) is 0 Å². The summed E-state index contributed by atoms with van der Waals surface area (Å²) in [5.41, 5.74) is 0.987. The van der Waals surface area contributed by atoms with Crippen LogP contribution in [0, 0.1) is 11.8 Å². The predicted molar refractivity (Wildman–Crippen MR) is 131 cm³/mol. The number of fused-ring (bicyclic) bond motifs is 1. The van der Waals surface area contributed by atoms with Gasteiger partial charge in [0.2, 0.25) is 0 Å². The van der Waals surface area contributed by atoms with Gasteiger partial charge in [0.05, 0.1) is 24.3 Å². The van der Waals surface area contributed by atoms with Crippen molar-refractivity contribution in [3.05, 3.63) is 47.5 Å². The second kappa shape index (κ2) is 13.9. The molecule has 0 aliphatic heterocycles. The zero-order chi connectivity index (χ0) is 23.3. The average molecular weight is 441 g/mol. The summed E-state index contributed by atoms with van der Waals surface area (Å²) in [6.45, 7) is 9.73. The summed E-state index contributed by atoms with van der Waals surface area (Å²) in [6, 6.07) is 10.8. The third-order valence-corrected chi connectivity index (χ3v) is 5.68. The minimum Gasteiger partial charge on any atom is -0.462 e. The molecule has 0 heterocycles. The summed E-state index contributed by atoms with van der Waals surface area (Å²) in [4.78, 5) is 25.3. The summed E-state index contributed by atoms with van der Waals surface area (Å²) in [6.07, 6.45) is 8.60. The largest absolute Gasteiger partial charge is 0.462 e. The summed E-state index contributed by atoms with van der Waals surface area (Å²) < 4.78 is 11.0. The van der Waals surface area contributed by atoms with Crippen molar-refractivity contribution in [3.63, 3.8) is 0 Å². The van der Waals surface area contributed by atoms with Crippen LogP contribution in [0.1, 0.15) is 99.8 Å². The molecule has 0 radical (unpaired) electrons. The van der Waals surface area contributed by atoms with Crippen molar-refractivity contribution < 1.29 is 19.1 Å². The van der Waals surface area contributed by atoms with E-state index in [0.717, 1.165) is 49.3 Å². The van der Waals surface area contributed by atoms with E-state index in [0.29, 0.717) is 36.2 Å². The van der Waals surface area contributed by atoms with Crippen molar-refractivity contribution >= 4 is 22.7 Å². The monoisotopic (exact) mass is 440 g/mol. The molecule has 0 spiro atoms. The SMILES string of the molecule is CC(C)CCCCCOC(=O)c1ccc(C(=O)OCCCCCC(C)C)c2ccccc12. The van der Waals surface area contributed by atoms with E-state index in [9.17, 15) is 9.59 Å². The van der Waals surface area contributed by atoms with Gasteiger partial charge >= 0.3 is 11.9 Å². The van der Waals surface area contributed by atoms with E-state index < -0.39 is 0 Å². The molecule has 4 heteroatoms.